The summed E-state index contributed by atoms with van der Waals surface area (Å²) in [6.07, 6.45) is 1.25. The molecule has 2 heterocycles. The number of aromatic nitrogens is 2. The van der Waals surface area contributed by atoms with Crippen molar-refractivity contribution in [3.63, 3.8) is 0 Å². The number of nitrogens with one attached hydrogen (secondary N) is 1. The highest BCUT2D eigenvalue weighted by molar-refractivity contribution is 14.1. The Bertz CT molecular complexity index is 1320. The molecule has 30 heavy (non-hydrogen) atoms. The predicted octanol–water partition coefficient (Wildman–Crippen LogP) is 2.64. The second kappa shape index (κ2) is 7.75. The first-order valence-electron chi connectivity index (χ1n) is 8.88. The van der Waals surface area contributed by atoms with E-state index in [2.05, 4.69) is 32.7 Å². The van der Waals surface area contributed by atoms with Crippen LogP contribution in [0.3, 0.4) is 0 Å². The third kappa shape index (κ3) is 3.47. The summed E-state index contributed by atoms with van der Waals surface area (Å²) in [5, 5.41) is 16.2. The lowest BCUT2D eigenvalue weighted by atomic mass is 10.1. The van der Waals surface area contributed by atoms with Crippen molar-refractivity contribution in [2.75, 3.05) is 5.01 Å². The number of aromatic amines is 1. The van der Waals surface area contributed by atoms with Crippen LogP contribution in [0.25, 0.3) is 11.8 Å². The molecule has 0 fully saturated rings. The van der Waals surface area contributed by atoms with Crippen LogP contribution in [0.5, 0.6) is 5.88 Å². The summed E-state index contributed by atoms with van der Waals surface area (Å²) in [6, 6.07) is 15.6. The van der Waals surface area contributed by atoms with Crippen molar-refractivity contribution in [1.29, 1.82) is 0 Å². The first kappa shape index (κ1) is 19.8. The van der Waals surface area contributed by atoms with Crippen LogP contribution in [0, 0.1) is 3.57 Å². The molecule has 1 aliphatic rings. The van der Waals surface area contributed by atoms with Crippen molar-refractivity contribution in [1.82, 2.24) is 9.55 Å². The zero-order valence-corrected chi connectivity index (χ0v) is 17.8. The maximum absolute atomic E-state index is 12.9. The van der Waals surface area contributed by atoms with E-state index in [1.165, 1.54) is 11.1 Å². The molecule has 0 radical (unpaired) electrons. The van der Waals surface area contributed by atoms with Gasteiger partial charge in [-0.3, -0.25) is 14.6 Å². The molecule has 2 aromatic carbocycles. The molecule has 0 aliphatic carbocycles. The number of H-pyrrole nitrogens is 1. The fourth-order valence-corrected chi connectivity index (χ4v) is 3.43. The van der Waals surface area contributed by atoms with Crippen LogP contribution in [0.15, 0.2) is 74.9 Å². The van der Waals surface area contributed by atoms with Gasteiger partial charge in [0.1, 0.15) is 5.56 Å². The Morgan fingerprint density at radius 2 is 1.67 bits per heavy atom. The summed E-state index contributed by atoms with van der Waals surface area (Å²) in [5.41, 5.74) is -0.307. The average molecular weight is 514 g/mol. The highest BCUT2D eigenvalue weighted by atomic mass is 127. The van der Waals surface area contributed by atoms with E-state index >= 15 is 0 Å². The van der Waals surface area contributed by atoms with Gasteiger partial charge in [0.05, 0.1) is 22.7 Å². The number of anilines is 1. The fraction of sp³-hybridized carbons (Fsp3) is 0.0476. The number of hydrazone groups is 1. The van der Waals surface area contributed by atoms with Gasteiger partial charge >= 0.3 is 5.69 Å². The second-order valence-electron chi connectivity index (χ2n) is 6.50. The first-order valence-corrected chi connectivity index (χ1v) is 9.95. The number of amides is 1. The van der Waals surface area contributed by atoms with E-state index in [1.54, 1.807) is 49.4 Å². The summed E-state index contributed by atoms with van der Waals surface area (Å²) in [6.45, 7) is 1.63. The van der Waals surface area contributed by atoms with Crippen LogP contribution < -0.4 is 16.3 Å². The Kier molecular flexibility index (Phi) is 5.12. The molecule has 0 bridgehead atoms. The maximum Gasteiger partial charge on any atom is 0.335 e. The molecular formula is C21H15IN4O4. The van der Waals surface area contributed by atoms with E-state index in [9.17, 15) is 19.5 Å². The topological polar surface area (TPSA) is 108 Å². The van der Waals surface area contributed by atoms with Crippen molar-refractivity contribution in [3.05, 3.63) is 90.1 Å². The molecule has 9 heteroatoms. The van der Waals surface area contributed by atoms with Crippen molar-refractivity contribution in [3.8, 4) is 11.6 Å². The molecule has 0 atom stereocenters. The fourth-order valence-electron chi connectivity index (χ4n) is 3.07. The summed E-state index contributed by atoms with van der Waals surface area (Å²) in [4.78, 5) is 39.8. The van der Waals surface area contributed by atoms with E-state index in [-0.39, 0.29) is 11.1 Å². The minimum absolute atomic E-state index is 0.146. The molecule has 150 valence electrons. The lowest BCUT2D eigenvalue weighted by Crippen LogP contribution is -2.30. The van der Waals surface area contributed by atoms with E-state index in [4.69, 9.17) is 0 Å². The second-order valence-corrected chi connectivity index (χ2v) is 7.75. The molecule has 2 N–H and O–H groups in total. The predicted molar refractivity (Wildman–Crippen MR) is 122 cm³/mol. The Balaban J connectivity index is 1.81. The monoisotopic (exact) mass is 514 g/mol. The minimum Gasteiger partial charge on any atom is -0.494 e. The van der Waals surface area contributed by atoms with Crippen molar-refractivity contribution < 1.29 is 9.90 Å². The van der Waals surface area contributed by atoms with E-state index in [1.807, 2.05) is 12.1 Å². The number of carbonyl (C=O) groups is 1. The highest BCUT2D eigenvalue weighted by Gasteiger charge is 2.29. The number of halogens is 1. The van der Waals surface area contributed by atoms with E-state index < -0.39 is 23.0 Å². The van der Waals surface area contributed by atoms with E-state index in [0.29, 0.717) is 17.1 Å². The molecule has 1 aromatic heterocycles. The Morgan fingerprint density at radius 1 is 1.00 bits per heavy atom. The van der Waals surface area contributed by atoms with Crippen LogP contribution in [-0.4, -0.2) is 26.3 Å². The third-order valence-corrected chi connectivity index (χ3v) is 5.28. The molecule has 1 aliphatic heterocycles. The van der Waals surface area contributed by atoms with Gasteiger partial charge in [0, 0.05) is 3.57 Å². The lowest BCUT2D eigenvalue weighted by Gasteiger charge is -2.12. The zero-order valence-electron chi connectivity index (χ0n) is 15.7. The van der Waals surface area contributed by atoms with E-state index in [0.717, 1.165) is 8.14 Å². The molecule has 4 rings (SSSR count). The van der Waals surface area contributed by atoms with Crippen LogP contribution in [0.1, 0.15) is 12.5 Å². The maximum atomic E-state index is 12.9. The molecule has 0 saturated carbocycles. The van der Waals surface area contributed by atoms with Gasteiger partial charge < -0.3 is 5.11 Å². The zero-order chi connectivity index (χ0) is 21.4. The number of nitrogens with zero attached hydrogens (tertiary/aromatic N) is 3. The molecule has 1 amide bonds. The smallest absolute Gasteiger partial charge is 0.335 e. The molecule has 0 unspecified atom stereocenters. The van der Waals surface area contributed by atoms with Crippen LogP contribution >= 0.6 is 22.6 Å². The molecule has 8 nitrogen and oxygen atoms in total. The number of rotatable bonds is 3. The summed E-state index contributed by atoms with van der Waals surface area (Å²) < 4.78 is 1.98. The normalized spacial score (nSPS) is 15.0. The van der Waals surface area contributed by atoms with Gasteiger partial charge in [-0.25, -0.2) is 9.36 Å². The molecule has 0 spiro atoms. The summed E-state index contributed by atoms with van der Waals surface area (Å²) in [5.74, 6) is -0.999. The van der Waals surface area contributed by atoms with Gasteiger partial charge in [-0.2, -0.15) is 10.1 Å². The van der Waals surface area contributed by atoms with Gasteiger partial charge in [0.25, 0.3) is 11.5 Å². The number of hydrogen-bond donors (Lipinski definition) is 2. The number of hydrogen-bond acceptors (Lipinski definition) is 5. The molecular weight excluding hydrogens is 499 g/mol. The van der Waals surface area contributed by atoms with Crippen LogP contribution in [0.2, 0.25) is 0 Å². The first-order chi connectivity index (χ1) is 14.4. The SMILES string of the molecule is CC1=NN(c2ccc(I)cc2)C(=O)C1=Cc1c(O)n(-c2ccccc2)c(=O)[nH]c1=O. The number of para-hydroxylation sites is 1. The highest BCUT2D eigenvalue weighted by Crippen LogP contribution is 2.26. The summed E-state index contributed by atoms with van der Waals surface area (Å²) >= 11 is 2.16. The quantitative estimate of drug-likeness (QED) is 0.414. The van der Waals surface area contributed by atoms with Gasteiger partial charge in [0.15, 0.2) is 0 Å². The number of benzene rings is 2. The van der Waals surface area contributed by atoms with Crippen LogP contribution in [-0.2, 0) is 4.79 Å². The van der Waals surface area contributed by atoms with Crippen molar-refractivity contribution >= 4 is 46.0 Å². The standard InChI is InChI=1S/C21H15IN4O4/c1-12-16(20(29)26(24-12)15-9-7-13(22)8-10-15)11-17-18(27)23-21(30)25(19(17)28)14-5-3-2-4-6-14/h2-11,28H,1H3,(H,23,27,30). The Morgan fingerprint density at radius 3 is 2.33 bits per heavy atom. The van der Waals surface area contributed by atoms with Gasteiger partial charge in [0.2, 0.25) is 5.88 Å². The number of carbonyl (C=O) groups excluding carboxylic acids is 1. The van der Waals surface area contributed by atoms with Gasteiger partial charge in [-0.15, -0.1) is 0 Å². The summed E-state index contributed by atoms with van der Waals surface area (Å²) in [7, 11) is 0. The van der Waals surface area contributed by atoms with Gasteiger partial charge in [-0.05, 0) is 72.0 Å². The largest absolute Gasteiger partial charge is 0.494 e. The number of aromatic hydroxyl groups is 1. The minimum atomic E-state index is -0.800. The van der Waals surface area contributed by atoms with Crippen molar-refractivity contribution in [2.45, 2.75) is 6.92 Å². The Labute approximate surface area is 183 Å². The van der Waals surface area contributed by atoms with Crippen LogP contribution in [0.4, 0.5) is 5.69 Å². The molecule has 0 saturated heterocycles. The molecule has 3 aromatic rings. The lowest BCUT2D eigenvalue weighted by molar-refractivity contribution is -0.114. The Hall–Kier alpha value is -3.47. The third-order valence-electron chi connectivity index (χ3n) is 4.56. The van der Waals surface area contributed by atoms with Gasteiger partial charge in [-0.1, -0.05) is 18.2 Å². The van der Waals surface area contributed by atoms with Crippen molar-refractivity contribution in [2.24, 2.45) is 5.10 Å². The average Bonchev–Trinajstić information content (AvgIpc) is 3.00.